The van der Waals surface area contributed by atoms with Crippen LogP contribution in [0, 0.1) is 0 Å². The van der Waals surface area contributed by atoms with Gasteiger partial charge in [0.05, 0.1) is 17.0 Å². The third-order valence-corrected chi connectivity index (χ3v) is 4.77. The second kappa shape index (κ2) is 8.57. The second-order valence-corrected chi connectivity index (χ2v) is 6.89. The van der Waals surface area contributed by atoms with Crippen molar-refractivity contribution < 1.29 is 13.2 Å². The fourth-order valence-electron chi connectivity index (χ4n) is 3.12. The molecule has 2 aromatic carbocycles. The predicted molar refractivity (Wildman–Crippen MR) is 110 cm³/mol. The van der Waals surface area contributed by atoms with Gasteiger partial charge in [-0.2, -0.15) is 13.2 Å². The first kappa shape index (κ1) is 21.4. The fraction of sp³-hybridized carbons (Fsp3) is 0.200. The Morgan fingerprint density at radius 1 is 0.966 bits per heavy atom. The Kier molecular flexibility index (Phi) is 6.31. The highest BCUT2D eigenvalue weighted by Crippen LogP contribution is 2.31. The molecular weight excluding hydrogens is 424 g/mol. The van der Waals surface area contributed by atoms with Gasteiger partial charge >= 0.3 is 6.18 Å². The molecule has 0 bridgehead atoms. The Morgan fingerprint density at radius 2 is 1.66 bits per heavy atom. The molecule has 0 amide bonds. The van der Waals surface area contributed by atoms with E-state index in [0.29, 0.717) is 23.2 Å². The zero-order valence-corrected chi connectivity index (χ0v) is 16.6. The van der Waals surface area contributed by atoms with Gasteiger partial charge in [-0.05, 0) is 36.4 Å². The zero-order valence-electron chi connectivity index (χ0n) is 15.1. The van der Waals surface area contributed by atoms with Crippen LogP contribution in [-0.2, 0) is 19.1 Å². The Balaban J connectivity index is 0.00000240. The van der Waals surface area contributed by atoms with E-state index in [1.54, 1.807) is 12.1 Å². The maximum atomic E-state index is 12.7. The monoisotopic (exact) mass is 440 g/mol. The maximum Gasteiger partial charge on any atom is 0.416 e. The molecule has 1 aromatic heterocycles. The number of nitrogens with one attached hydrogen (secondary N) is 2. The highest BCUT2D eigenvalue weighted by atomic mass is 35.5. The van der Waals surface area contributed by atoms with Crippen molar-refractivity contribution in [2.45, 2.75) is 19.1 Å². The second-order valence-electron chi connectivity index (χ2n) is 6.45. The Hall–Kier alpha value is -2.35. The van der Waals surface area contributed by atoms with Crippen LogP contribution in [0.2, 0.25) is 5.02 Å². The van der Waals surface area contributed by atoms with Crippen LogP contribution in [0.15, 0.2) is 48.5 Å². The molecule has 152 valence electrons. The van der Waals surface area contributed by atoms with E-state index in [2.05, 4.69) is 20.6 Å². The zero-order chi connectivity index (χ0) is 19.7. The molecule has 3 aromatic rings. The van der Waals surface area contributed by atoms with E-state index < -0.39 is 11.7 Å². The molecular formula is C20H17Cl2F3N4. The third-order valence-electron chi connectivity index (χ3n) is 4.52. The molecule has 2 N–H and O–H groups in total. The largest absolute Gasteiger partial charge is 0.416 e. The van der Waals surface area contributed by atoms with Crippen molar-refractivity contribution in [3.63, 3.8) is 0 Å². The summed E-state index contributed by atoms with van der Waals surface area (Å²) < 4.78 is 38.2. The van der Waals surface area contributed by atoms with E-state index in [-0.39, 0.29) is 12.4 Å². The van der Waals surface area contributed by atoms with Crippen molar-refractivity contribution >= 4 is 35.6 Å². The van der Waals surface area contributed by atoms with Crippen LogP contribution >= 0.6 is 24.0 Å². The van der Waals surface area contributed by atoms with Crippen LogP contribution in [0.5, 0.6) is 0 Å². The van der Waals surface area contributed by atoms with Crippen LogP contribution in [0.25, 0.3) is 11.3 Å². The lowest BCUT2D eigenvalue weighted by Crippen LogP contribution is -2.26. The summed E-state index contributed by atoms with van der Waals surface area (Å²) in [5, 5.41) is 6.97. The number of fused-ring (bicyclic) bond motifs is 1. The summed E-state index contributed by atoms with van der Waals surface area (Å²) in [6.07, 6.45) is -3.62. The van der Waals surface area contributed by atoms with Crippen LogP contribution in [-0.4, -0.2) is 16.5 Å². The molecule has 0 spiro atoms. The van der Waals surface area contributed by atoms with Crippen molar-refractivity contribution in [1.29, 1.82) is 0 Å². The number of halogens is 5. The van der Waals surface area contributed by atoms with E-state index in [9.17, 15) is 13.2 Å². The fourth-order valence-corrected chi connectivity index (χ4v) is 3.24. The van der Waals surface area contributed by atoms with Gasteiger partial charge in [-0.25, -0.2) is 9.97 Å². The lowest BCUT2D eigenvalue weighted by Gasteiger charge is -2.20. The normalized spacial score (nSPS) is 13.4. The van der Waals surface area contributed by atoms with Gasteiger partial charge in [0.25, 0.3) is 0 Å². The topological polar surface area (TPSA) is 49.8 Å². The summed E-state index contributed by atoms with van der Waals surface area (Å²) >= 11 is 5.99. The van der Waals surface area contributed by atoms with Gasteiger partial charge in [-0.15, -0.1) is 12.4 Å². The molecule has 0 saturated carbocycles. The van der Waals surface area contributed by atoms with Crippen molar-refractivity contribution in [3.8, 4) is 11.3 Å². The van der Waals surface area contributed by atoms with Crippen LogP contribution in [0.3, 0.4) is 0 Å². The molecule has 1 aliphatic heterocycles. The Bertz CT molecular complexity index is 990. The van der Waals surface area contributed by atoms with Crippen molar-refractivity contribution in [1.82, 2.24) is 15.3 Å². The average Bonchev–Trinajstić information content (AvgIpc) is 2.68. The number of anilines is 2. The van der Waals surface area contributed by atoms with Gasteiger partial charge in [-0.3, -0.25) is 0 Å². The minimum absolute atomic E-state index is 0. The average molecular weight is 441 g/mol. The highest BCUT2D eigenvalue weighted by molar-refractivity contribution is 6.30. The molecule has 4 rings (SSSR count). The standard InChI is InChI=1S/C20H16ClF3N4.ClH/c21-14-5-1-12(2-6-14)18-16-11-25-10-9-17(16)27-19(28-18)26-15-7-3-13(4-8-15)20(22,23)24;/h1-8,25H,9-11H2,(H,26,27,28);1H. The van der Waals surface area contributed by atoms with Gasteiger partial charge < -0.3 is 10.6 Å². The summed E-state index contributed by atoms with van der Waals surface area (Å²) in [6, 6.07) is 12.2. The number of aromatic nitrogens is 2. The summed E-state index contributed by atoms with van der Waals surface area (Å²) in [6.45, 7) is 1.47. The van der Waals surface area contributed by atoms with Gasteiger partial charge in [0, 0.05) is 41.3 Å². The molecule has 1 aliphatic rings. The smallest absolute Gasteiger partial charge is 0.324 e. The third kappa shape index (κ3) is 4.80. The molecule has 0 saturated heterocycles. The van der Waals surface area contributed by atoms with E-state index in [4.69, 9.17) is 11.6 Å². The molecule has 29 heavy (non-hydrogen) atoms. The van der Waals surface area contributed by atoms with Crippen LogP contribution < -0.4 is 10.6 Å². The summed E-state index contributed by atoms with van der Waals surface area (Å²) in [7, 11) is 0. The van der Waals surface area contributed by atoms with Crippen LogP contribution in [0.1, 0.15) is 16.8 Å². The molecule has 0 unspecified atom stereocenters. The maximum absolute atomic E-state index is 12.7. The molecule has 2 heterocycles. The van der Waals surface area contributed by atoms with E-state index >= 15 is 0 Å². The molecule has 0 aliphatic carbocycles. The molecule has 9 heteroatoms. The summed E-state index contributed by atoms with van der Waals surface area (Å²) in [4.78, 5) is 9.20. The number of rotatable bonds is 3. The number of nitrogens with zero attached hydrogens (tertiary/aromatic N) is 2. The number of alkyl halides is 3. The summed E-state index contributed by atoms with van der Waals surface area (Å²) in [5.74, 6) is 0.352. The van der Waals surface area contributed by atoms with E-state index in [0.717, 1.165) is 47.6 Å². The Labute approximate surface area is 176 Å². The summed E-state index contributed by atoms with van der Waals surface area (Å²) in [5.41, 5.74) is 3.42. The van der Waals surface area contributed by atoms with Gasteiger partial charge in [-0.1, -0.05) is 23.7 Å². The quantitative estimate of drug-likeness (QED) is 0.554. The van der Waals surface area contributed by atoms with Gasteiger partial charge in [0.15, 0.2) is 0 Å². The van der Waals surface area contributed by atoms with Gasteiger partial charge in [0.2, 0.25) is 5.95 Å². The first-order valence-corrected chi connectivity index (χ1v) is 9.09. The van der Waals surface area contributed by atoms with Crippen molar-refractivity contribution in [2.75, 3.05) is 11.9 Å². The SMILES string of the molecule is Cl.FC(F)(F)c1ccc(Nc2nc3c(c(-c4ccc(Cl)cc4)n2)CNCC3)cc1. The number of hydrogen-bond acceptors (Lipinski definition) is 4. The first-order valence-electron chi connectivity index (χ1n) is 8.71. The predicted octanol–water partition coefficient (Wildman–Crippen LogP) is 5.63. The molecule has 0 atom stereocenters. The Morgan fingerprint density at radius 3 is 2.31 bits per heavy atom. The highest BCUT2D eigenvalue weighted by Gasteiger charge is 2.30. The van der Waals surface area contributed by atoms with Crippen molar-refractivity contribution in [2.24, 2.45) is 0 Å². The van der Waals surface area contributed by atoms with Gasteiger partial charge in [0.1, 0.15) is 0 Å². The minimum atomic E-state index is -4.37. The number of hydrogen-bond donors (Lipinski definition) is 2. The van der Waals surface area contributed by atoms with E-state index in [1.165, 1.54) is 12.1 Å². The molecule has 4 nitrogen and oxygen atoms in total. The lowest BCUT2D eigenvalue weighted by molar-refractivity contribution is -0.137. The van der Waals surface area contributed by atoms with Crippen molar-refractivity contribution in [3.05, 3.63) is 70.4 Å². The molecule has 0 radical (unpaired) electrons. The first-order chi connectivity index (χ1) is 13.4. The molecule has 0 fully saturated rings. The minimum Gasteiger partial charge on any atom is -0.324 e. The lowest BCUT2D eigenvalue weighted by atomic mass is 10.0. The van der Waals surface area contributed by atoms with Crippen LogP contribution in [0.4, 0.5) is 24.8 Å². The van der Waals surface area contributed by atoms with E-state index in [1.807, 2.05) is 12.1 Å². The number of benzene rings is 2.